The van der Waals surface area contributed by atoms with E-state index in [0.29, 0.717) is 18.5 Å². The molecule has 0 fully saturated rings. The zero-order valence-electron chi connectivity index (χ0n) is 17.9. The summed E-state index contributed by atoms with van der Waals surface area (Å²) in [5, 5.41) is 7.74. The lowest BCUT2D eigenvalue weighted by Crippen LogP contribution is -2.30. The predicted molar refractivity (Wildman–Crippen MR) is 120 cm³/mol. The standard InChI is InChI=1S/C23H25N3O5S/c1-16-14-21(17(2)26(16)19-6-4-3-5-7-19)23(28)31-15-22(27)25-13-12-18-8-10-20(11-9-18)32(24,29)30/h3-11,14H,12-13,15H2,1-2H3,(H,25,27)(H2,24,29,30). The first-order valence-corrected chi connectivity index (χ1v) is 11.5. The number of aryl methyl sites for hydroxylation is 1. The van der Waals surface area contributed by atoms with Crippen molar-refractivity contribution in [1.29, 1.82) is 0 Å². The molecule has 0 aliphatic heterocycles. The summed E-state index contributed by atoms with van der Waals surface area (Å²) in [4.78, 5) is 24.6. The van der Waals surface area contributed by atoms with Crippen molar-refractivity contribution in [2.24, 2.45) is 5.14 Å². The first-order valence-electron chi connectivity index (χ1n) is 9.97. The van der Waals surface area contributed by atoms with Crippen LogP contribution in [0.1, 0.15) is 27.3 Å². The SMILES string of the molecule is Cc1cc(C(=O)OCC(=O)NCCc2ccc(S(N)(=O)=O)cc2)c(C)n1-c1ccccc1. The van der Waals surface area contributed by atoms with Gasteiger partial charge in [0.05, 0.1) is 10.5 Å². The van der Waals surface area contributed by atoms with Gasteiger partial charge in [0.25, 0.3) is 5.91 Å². The number of carbonyl (C=O) groups is 2. The Bertz CT molecular complexity index is 1220. The van der Waals surface area contributed by atoms with Crippen LogP contribution in [-0.2, 0) is 26.0 Å². The number of nitrogens with one attached hydrogen (secondary N) is 1. The van der Waals surface area contributed by atoms with E-state index >= 15 is 0 Å². The number of benzene rings is 2. The van der Waals surface area contributed by atoms with Gasteiger partial charge in [-0.25, -0.2) is 18.4 Å². The predicted octanol–water partition coefficient (Wildman–Crippen LogP) is 2.26. The quantitative estimate of drug-likeness (QED) is 0.505. The van der Waals surface area contributed by atoms with Crippen molar-refractivity contribution < 1.29 is 22.7 Å². The van der Waals surface area contributed by atoms with Crippen molar-refractivity contribution in [3.63, 3.8) is 0 Å². The Hall–Kier alpha value is -3.43. The number of primary sulfonamides is 1. The van der Waals surface area contributed by atoms with Crippen LogP contribution in [0.25, 0.3) is 5.69 Å². The number of para-hydroxylation sites is 1. The van der Waals surface area contributed by atoms with E-state index in [2.05, 4.69) is 5.32 Å². The van der Waals surface area contributed by atoms with E-state index in [-0.39, 0.29) is 4.90 Å². The summed E-state index contributed by atoms with van der Waals surface area (Å²) in [6, 6.07) is 17.5. The number of hydrogen-bond acceptors (Lipinski definition) is 5. The molecule has 3 rings (SSSR count). The summed E-state index contributed by atoms with van der Waals surface area (Å²) < 4.78 is 29.7. The van der Waals surface area contributed by atoms with Crippen molar-refractivity contribution in [3.8, 4) is 5.69 Å². The third-order valence-electron chi connectivity index (χ3n) is 4.99. The Balaban J connectivity index is 1.51. The average molecular weight is 456 g/mol. The van der Waals surface area contributed by atoms with Crippen LogP contribution >= 0.6 is 0 Å². The number of esters is 1. The highest BCUT2D eigenvalue weighted by Crippen LogP contribution is 2.21. The van der Waals surface area contributed by atoms with E-state index in [1.54, 1.807) is 18.2 Å². The second kappa shape index (κ2) is 9.80. The maximum atomic E-state index is 12.5. The minimum atomic E-state index is -3.73. The lowest BCUT2D eigenvalue weighted by atomic mass is 10.1. The highest BCUT2D eigenvalue weighted by atomic mass is 32.2. The molecule has 0 aliphatic rings. The molecule has 32 heavy (non-hydrogen) atoms. The minimum Gasteiger partial charge on any atom is -0.452 e. The Kier molecular flexibility index (Phi) is 7.12. The van der Waals surface area contributed by atoms with E-state index in [1.807, 2.05) is 48.7 Å². The van der Waals surface area contributed by atoms with Gasteiger partial charge in [0.1, 0.15) is 0 Å². The average Bonchev–Trinajstić information content (AvgIpc) is 3.06. The molecule has 2 aromatic carbocycles. The normalized spacial score (nSPS) is 11.2. The van der Waals surface area contributed by atoms with E-state index in [0.717, 1.165) is 22.6 Å². The summed E-state index contributed by atoms with van der Waals surface area (Å²) in [6.45, 7) is 3.66. The zero-order valence-corrected chi connectivity index (χ0v) is 18.7. The first-order chi connectivity index (χ1) is 15.2. The number of carbonyl (C=O) groups excluding carboxylic acids is 2. The molecule has 0 radical (unpaired) electrons. The van der Waals surface area contributed by atoms with Gasteiger partial charge in [-0.15, -0.1) is 0 Å². The van der Waals surface area contributed by atoms with Crippen molar-refractivity contribution in [3.05, 3.63) is 83.2 Å². The summed E-state index contributed by atoms with van der Waals surface area (Å²) in [7, 11) is -3.73. The molecule has 0 spiro atoms. The molecule has 0 saturated carbocycles. The molecule has 8 nitrogen and oxygen atoms in total. The van der Waals surface area contributed by atoms with Crippen LogP contribution in [0.2, 0.25) is 0 Å². The number of ether oxygens (including phenoxy) is 1. The number of sulfonamides is 1. The van der Waals surface area contributed by atoms with Gasteiger partial charge in [-0.3, -0.25) is 4.79 Å². The van der Waals surface area contributed by atoms with Crippen LogP contribution in [0, 0.1) is 13.8 Å². The lowest BCUT2D eigenvalue weighted by molar-refractivity contribution is -0.124. The topological polar surface area (TPSA) is 120 Å². The van der Waals surface area contributed by atoms with Gasteiger partial charge in [-0.1, -0.05) is 30.3 Å². The van der Waals surface area contributed by atoms with Gasteiger partial charge in [-0.05, 0) is 56.2 Å². The third kappa shape index (κ3) is 5.63. The molecule has 0 aliphatic carbocycles. The number of hydrogen-bond donors (Lipinski definition) is 2. The summed E-state index contributed by atoms with van der Waals surface area (Å²) in [6.07, 6.45) is 0.489. The molecular weight excluding hydrogens is 430 g/mol. The molecule has 0 atom stereocenters. The zero-order chi connectivity index (χ0) is 23.3. The van der Waals surface area contributed by atoms with Gasteiger partial charge in [0.15, 0.2) is 6.61 Å². The van der Waals surface area contributed by atoms with Gasteiger partial charge in [0, 0.05) is 23.6 Å². The van der Waals surface area contributed by atoms with Crippen LogP contribution in [0.3, 0.4) is 0 Å². The van der Waals surface area contributed by atoms with E-state index in [9.17, 15) is 18.0 Å². The van der Waals surface area contributed by atoms with Crippen LogP contribution in [-0.4, -0.2) is 38.0 Å². The molecule has 3 N–H and O–H groups in total. The second-order valence-corrected chi connectivity index (χ2v) is 8.88. The molecule has 168 valence electrons. The van der Waals surface area contributed by atoms with E-state index in [1.165, 1.54) is 12.1 Å². The number of nitrogens with two attached hydrogens (primary N) is 1. The number of aromatic nitrogens is 1. The van der Waals surface area contributed by atoms with Crippen molar-refractivity contribution in [2.75, 3.05) is 13.2 Å². The van der Waals surface area contributed by atoms with Gasteiger partial charge in [-0.2, -0.15) is 0 Å². The van der Waals surface area contributed by atoms with Crippen LogP contribution in [0.4, 0.5) is 0 Å². The Morgan fingerprint density at radius 1 is 1.03 bits per heavy atom. The fraction of sp³-hybridized carbons (Fsp3) is 0.217. The largest absolute Gasteiger partial charge is 0.452 e. The maximum Gasteiger partial charge on any atom is 0.340 e. The molecule has 3 aromatic rings. The summed E-state index contributed by atoms with van der Waals surface area (Å²) >= 11 is 0. The highest BCUT2D eigenvalue weighted by molar-refractivity contribution is 7.89. The van der Waals surface area contributed by atoms with Gasteiger partial charge >= 0.3 is 5.97 Å². The van der Waals surface area contributed by atoms with Crippen LogP contribution in [0.5, 0.6) is 0 Å². The molecule has 0 bridgehead atoms. The number of amides is 1. The van der Waals surface area contributed by atoms with Crippen molar-refractivity contribution in [1.82, 2.24) is 9.88 Å². The maximum absolute atomic E-state index is 12.5. The fourth-order valence-electron chi connectivity index (χ4n) is 3.40. The van der Waals surface area contributed by atoms with E-state index < -0.39 is 28.5 Å². The highest BCUT2D eigenvalue weighted by Gasteiger charge is 2.18. The smallest absolute Gasteiger partial charge is 0.340 e. The monoisotopic (exact) mass is 455 g/mol. The van der Waals surface area contributed by atoms with Crippen LogP contribution in [0.15, 0.2) is 65.6 Å². The molecule has 1 heterocycles. The second-order valence-electron chi connectivity index (χ2n) is 7.32. The summed E-state index contributed by atoms with van der Waals surface area (Å²) in [5.41, 5.74) is 3.81. The molecule has 1 aromatic heterocycles. The van der Waals surface area contributed by atoms with Crippen molar-refractivity contribution in [2.45, 2.75) is 25.2 Å². The third-order valence-corrected chi connectivity index (χ3v) is 5.92. The number of rotatable bonds is 8. The molecule has 0 unspecified atom stereocenters. The minimum absolute atomic E-state index is 0.0313. The molecular formula is C23H25N3O5S. The lowest BCUT2D eigenvalue weighted by Gasteiger charge is -2.10. The van der Waals surface area contributed by atoms with Gasteiger partial charge in [0.2, 0.25) is 10.0 Å². The molecule has 0 saturated heterocycles. The Labute approximate surface area is 187 Å². The number of nitrogens with zero attached hydrogens (tertiary/aromatic N) is 1. The first kappa shape index (κ1) is 23.2. The molecule has 1 amide bonds. The Morgan fingerprint density at radius 3 is 2.31 bits per heavy atom. The van der Waals surface area contributed by atoms with Crippen LogP contribution < -0.4 is 10.5 Å². The summed E-state index contributed by atoms with van der Waals surface area (Å²) in [5.74, 6) is -0.981. The van der Waals surface area contributed by atoms with Crippen molar-refractivity contribution >= 4 is 21.9 Å². The van der Waals surface area contributed by atoms with E-state index in [4.69, 9.17) is 9.88 Å². The fourth-order valence-corrected chi connectivity index (χ4v) is 3.91. The Morgan fingerprint density at radius 2 is 1.69 bits per heavy atom. The molecule has 9 heteroatoms. The van der Waals surface area contributed by atoms with Gasteiger partial charge < -0.3 is 14.6 Å².